The van der Waals surface area contributed by atoms with Gasteiger partial charge in [-0.2, -0.15) is 5.10 Å². The molecule has 5 nitrogen and oxygen atoms in total. The average molecular weight is 327 g/mol. The number of hydrazone groups is 1. The quantitative estimate of drug-likeness (QED) is 0.670. The van der Waals surface area contributed by atoms with Crippen LogP contribution in [0.2, 0.25) is 0 Å². The zero-order valence-corrected chi connectivity index (χ0v) is 13.5. The lowest BCUT2D eigenvalue weighted by Crippen LogP contribution is -2.59. The first kappa shape index (κ1) is 15.6. The van der Waals surface area contributed by atoms with Gasteiger partial charge in [0.05, 0.1) is 0 Å². The standard InChI is InChI=1S/C17H17N3O2S/c1-20-17(23,19-15(21)12-18-20)22-16(13-8-4-2-5-9-13)14-10-6-3-7-11-14/h2-12,16,23H,1H3,(H,19,21). The normalized spacial score (nSPS) is 20.7. The number of benzene rings is 2. The lowest BCUT2D eigenvalue weighted by molar-refractivity contribution is -0.147. The highest BCUT2D eigenvalue weighted by molar-refractivity contribution is 7.81. The van der Waals surface area contributed by atoms with Crippen LogP contribution in [0.25, 0.3) is 0 Å². The summed E-state index contributed by atoms with van der Waals surface area (Å²) in [6, 6.07) is 19.6. The van der Waals surface area contributed by atoms with E-state index < -0.39 is 11.3 Å². The van der Waals surface area contributed by atoms with E-state index in [1.54, 1.807) is 7.05 Å². The molecule has 1 amide bonds. The molecule has 1 N–H and O–H groups in total. The molecule has 118 valence electrons. The van der Waals surface area contributed by atoms with E-state index in [1.807, 2.05) is 60.7 Å². The minimum absolute atomic E-state index is 0.349. The molecule has 23 heavy (non-hydrogen) atoms. The van der Waals surface area contributed by atoms with Crippen LogP contribution in [0.4, 0.5) is 0 Å². The zero-order chi connectivity index (χ0) is 16.3. The zero-order valence-electron chi connectivity index (χ0n) is 12.6. The Morgan fingerprint density at radius 2 is 1.61 bits per heavy atom. The number of hydrogen-bond donors (Lipinski definition) is 2. The van der Waals surface area contributed by atoms with Crippen LogP contribution in [0.1, 0.15) is 17.2 Å². The van der Waals surface area contributed by atoms with Crippen LogP contribution in [0.5, 0.6) is 0 Å². The molecule has 6 heteroatoms. The van der Waals surface area contributed by atoms with Gasteiger partial charge in [0.15, 0.2) is 0 Å². The smallest absolute Gasteiger partial charge is 0.286 e. The second kappa shape index (κ2) is 6.44. The summed E-state index contributed by atoms with van der Waals surface area (Å²) in [5.41, 5.74) is 1.92. The maximum Gasteiger partial charge on any atom is 0.286 e. The first-order chi connectivity index (χ1) is 11.1. The Bertz CT molecular complexity index is 669. The Balaban J connectivity index is 1.97. The molecule has 1 heterocycles. The molecule has 2 aromatic carbocycles. The van der Waals surface area contributed by atoms with Gasteiger partial charge in [-0.1, -0.05) is 73.3 Å². The van der Waals surface area contributed by atoms with Gasteiger partial charge >= 0.3 is 0 Å². The fourth-order valence-electron chi connectivity index (χ4n) is 2.35. The van der Waals surface area contributed by atoms with Crippen molar-refractivity contribution in [2.24, 2.45) is 5.10 Å². The van der Waals surface area contributed by atoms with Crippen LogP contribution in [-0.2, 0) is 9.53 Å². The van der Waals surface area contributed by atoms with Gasteiger partial charge in [0.25, 0.3) is 11.1 Å². The number of thiol groups is 1. The maximum atomic E-state index is 11.7. The first-order valence-electron chi connectivity index (χ1n) is 7.18. The summed E-state index contributed by atoms with van der Waals surface area (Å²) < 4.78 is 6.18. The van der Waals surface area contributed by atoms with E-state index in [0.29, 0.717) is 0 Å². The molecular formula is C17H17N3O2S. The fourth-order valence-corrected chi connectivity index (χ4v) is 2.61. The largest absolute Gasteiger partial charge is 0.316 e. The highest BCUT2D eigenvalue weighted by Gasteiger charge is 2.39. The summed E-state index contributed by atoms with van der Waals surface area (Å²) in [6.07, 6.45) is 0.795. The number of carbonyl (C=O) groups excluding carboxylic acids is 1. The third kappa shape index (κ3) is 3.38. The Kier molecular flexibility index (Phi) is 4.36. The molecule has 0 aromatic heterocycles. The Hall–Kier alpha value is -2.31. The van der Waals surface area contributed by atoms with Crippen molar-refractivity contribution >= 4 is 24.8 Å². The molecule has 2 aromatic rings. The lowest BCUT2D eigenvalue weighted by Gasteiger charge is -2.40. The number of amides is 1. The van der Waals surface area contributed by atoms with Crippen molar-refractivity contribution in [2.45, 2.75) is 11.3 Å². The van der Waals surface area contributed by atoms with Crippen molar-refractivity contribution in [2.75, 3.05) is 7.05 Å². The maximum absolute atomic E-state index is 11.7. The minimum Gasteiger partial charge on any atom is -0.316 e. The molecule has 0 spiro atoms. The van der Waals surface area contributed by atoms with Gasteiger partial charge in [-0.25, -0.2) is 5.01 Å². The molecular weight excluding hydrogens is 310 g/mol. The van der Waals surface area contributed by atoms with E-state index >= 15 is 0 Å². The first-order valence-corrected chi connectivity index (χ1v) is 7.63. The molecule has 0 fully saturated rings. The Morgan fingerprint density at radius 3 is 2.13 bits per heavy atom. The molecule has 1 unspecified atom stereocenters. The van der Waals surface area contributed by atoms with Gasteiger partial charge < -0.3 is 4.74 Å². The van der Waals surface area contributed by atoms with Gasteiger partial charge in [-0.15, -0.1) is 0 Å². The van der Waals surface area contributed by atoms with Crippen LogP contribution in [0.3, 0.4) is 0 Å². The summed E-state index contributed by atoms with van der Waals surface area (Å²) in [7, 11) is 1.69. The summed E-state index contributed by atoms with van der Waals surface area (Å²) in [6.45, 7) is 0. The molecule has 1 aliphatic rings. The monoisotopic (exact) mass is 327 g/mol. The lowest BCUT2D eigenvalue weighted by atomic mass is 10.0. The summed E-state index contributed by atoms with van der Waals surface area (Å²) in [5, 5.41) is 6.83. The third-order valence-electron chi connectivity index (χ3n) is 3.56. The SMILES string of the molecule is CN1N=CC(=O)NC1(S)OC(c1ccccc1)c1ccccc1. The van der Waals surface area contributed by atoms with Crippen molar-refractivity contribution in [1.29, 1.82) is 0 Å². The topological polar surface area (TPSA) is 53.9 Å². The van der Waals surface area contributed by atoms with E-state index in [4.69, 9.17) is 4.74 Å². The van der Waals surface area contributed by atoms with Crippen molar-refractivity contribution in [3.05, 3.63) is 71.8 Å². The van der Waals surface area contributed by atoms with Crippen LogP contribution in [0.15, 0.2) is 65.8 Å². The molecule has 1 aliphatic heterocycles. The number of carbonyl (C=O) groups is 1. The number of rotatable bonds is 4. The number of ether oxygens (including phenoxy) is 1. The second-order valence-corrected chi connectivity index (χ2v) is 5.79. The van der Waals surface area contributed by atoms with Crippen LogP contribution in [0, 0.1) is 0 Å². The van der Waals surface area contributed by atoms with Crippen LogP contribution >= 0.6 is 12.6 Å². The fraction of sp³-hybridized carbons (Fsp3) is 0.176. The third-order valence-corrected chi connectivity index (χ3v) is 4.07. The van der Waals surface area contributed by atoms with E-state index in [0.717, 1.165) is 11.1 Å². The van der Waals surface area contributed by atoms with Crippen molar-refractivity contribution in [3.63, 3.8) is 0 Å². The van der Waals surface area contributed by atoms with Gasteiger partial charge in [-0.05, 0) is 11.1 Å². The van der Waals surface area contributed by atoms with Gasteiger partial charge in [0.1, 0.15) is 12.3 Å². The summed E-state index contributed by atoms with van der Waals surface area (Å²) >= 11 is 4.50. The van der Waals surface area contributed by atoms with Gasteiger partial charge in [-0.3, -0.25) is 10.1 Å². The van der Waals surface area contributed by atoms with Crippen LogP contribution < -0.4 is 5.32 Å². The van der Waals surface area contributed by atoms with E-state index in [1.165, 1.54) is 11.2 Å². The van der Waals surface area contributed by atoms with Crippen molar-refractivity contribution < 1.29 is 9.53 Å². The van der Waals surface area contributed by atoms with E-state index in [-0.39, 0.29) is 5.91 Å². The van der Waals surface area contributed by atoms with Crippen molar-refractivity contribution in [1.82, 2.24) is 10.3 Å². The Morgan fingerprint density at radius 1 is 1.09 bits per heavy atom. The van der Waals surface area contributed by atoms with Gasteiger partial charge in [0, 0.05) is 7.05 Å². The summed E-state index contributed by atoms with van der Waals surface area (Å²) in [4.78, 5) is 11.7. The van der Waals surface area contributed by atoms with E-state index in [2.05, 4.69) is 23.0 Å². The van der Waals surface area contributed by atoms with Gasteiger partial charge in [0.2, 0.25) is 0 Å². The number of hydrogen-bond acceptors (Lipinski definition) is 5. The van der Waals surface area contributed by atoms with Crippen LogP contribution in [-0.4, -0.2) is 29.4 Å². The molecule has 3 rings (SSSR count). The molecule has 0 aliphatic carbocycles. The Labute approximate surface area is 140 Å². The summed E-state index contributed by atoms with van der Waals surface area (Å²) in [5.74, 6) is -0.349. The second-order valence-electron chi connectivity index (χ2n) is 5.18. The number of nitrogens with one attached hydrogen (secondary N) is 1. The van der Waals surface area contributed by atoms with E-state index in [9.17, 15) is 4.79 Å². The minimum atomic E-state index is -1.33. The molecule has 0 saturated heterocycles. The number of nitrogens with zero attached hydrogens (tertiary/aromatic N) is 2. The molecule has 0 bridgehead atoms. The predicted octanol–water partition coefficient (Wildman–Crippen LogP) is 2.38. The average Bonchev–Trinajstić information content (AvgIpc) is 2.58. The van der Waals surface area contributed by atoms with Crippen molar-refractivity contribution in [3.8, 4) is 0 Å². The highest BCUT2D eigenvalue weighted by atomic mass is 32.1. The predicted molar refractivity (Wildman–Crippen MR) is 91.9 cm³/mol. The molecule has 1 atom stereocenters. The molecule has 0 saturated carbocycles. The molecule has 0 radical (unpaired) electrons. The highest BCUT2D eigenvalue weighted by Crippen LogP contribution is 2.33.